The maximum atomic E-state index is 11.9. The Bertz CT molecular complexity index is 2510. The molecule has 0 atom stereocenters. The lowest BCUT2D eigenvalue weighted by Gasteiger charge is -2.14. The Balaban J connectivity index is 0.000000570. The highest BCUT2D eigenvalue weighted by atomic mass is 17.0. The molecule has 0 fully saturated rings. The maximum absolute atomic E-state index is 11.9. The Hall–Kier alpha value is -8.22. The molecule has 0 aliphatic carbocycles. The summed E-state index contributed by atoms with van der Waals surface area (Å²) in [6, 6.07) is 15.2. The van der Waals surface area contributed by atoms with Crippen LogP contribution in [0.15, 0.2) is 85.0 Å². The van der Waals surface area contributed by atoms with E-state index < -0.39 is 23.9 Å². The van der Waals surface area contributed by atoms with Crippen molar-refractivity contribution >= 4 is 60.8 Å². The summed E-state index contributed by atoms with van der Waals surface area (Å²) in [7, 11) is 2.82. The standard InChI is InChI=1S/C26H28O8.C13H16O4.C13H14O4.H2O2/c1-15(2)33-23(28)8-6-17-10-19(14-27)25(30)20(11-17)21-12-18(13-22(32-5)26(21)31)7-9-24(29)34-16(3)4;1-9(2)17-13(15)7-5-10-4-6-11(14)12(8-10)16-3;1-9(2)17-13(16)6-4-10-3-5-12(15)11(7-10)8-14;1-2/h6-16,30-31H,1-5H3;4-9,14H,1-3H3;3-9,15H,1-2H3;1-2H/b8-6+,9-7+;7-5+;6-4+;. The number of hydrogen-bond acceptors (Lipinski definition) is 18. The van der Waals surface area contributed by atoms with Crippen molar-refractivity contribution in [1.82, 2.24) is 0 Å². The second-order valence-corrected chi connectivity index (χ2v) is 15.4. The van der Waals surface area contributed by atoms with E-state index in [0.29, 0.717) is 35.0 Å². The molecule has 0 saturated heterocycles. The maximum Gasteiger partial charge on any atom is 0.331 e. The van der Waals surface area contributed by atoms with Gasteiger partial charge in [-0.25, -0.2) is 19.2 Å². The van der Waals surface area contributed by atoms with Gasteiger partial charge in [0.15, 0.2) is 35.6 Å². The smallest absolute Gasteiger partial charge is 0.331 e. The van der Waals surface area contributed by atoms with Crippen molar-refractivity contribution in [1.29, 1.82) is 0 Å². The van der Waals surface area contributed by atoms with Gasteiger partial charge in [0.25, 0.3) is 0 Å². The molecule has 0 heterocycles. The van der Waals surface area contributed by atoms with Crippen LogP contribution >= 0.6 is 0 Å². The van der Waals surface area contributed by atoms with Crippen molar-refractivity contribution in [2.45, 2.75) is 79.8 Å². The van der Waals surface area contributed by atoms with Gasteiger partial charge >= 0.3 is 23.9 Å². The van der Waals surface area contributed by atoms with Gasteiger partial charge in [-0.2, -0.15) is 0 Å². The second-order valence-electron chi connectivity index (χ2n) is 15.4. The summed E-state index contributed by atoms with van der Waals surface area (Å²) in [5, 5.41) is 52.1. The van der Waals surface area contributed by atoms with E-state index in [1.807, 2.05) is 0 Å². The minimum absolute atomic E-state index is 0.0470. The van der Waals surface area contributed by atoms with E-state index >= 15 is 0 Å². The minimum atomic E-state index is -0.567. The monoisotopic (exact) mass is 972 g/mol. The largest absolute Gasteiger partial charge is 0.507 e. The molecule has 0 spiro atoms. The Morgan fingerprint density at radius 3 is 1.14 bits per heavy atom. The quantitative estimate of drug-likeness (QED) is 0.0144. The fraction of sp³-hybridized carbons (Fsp3) is 0.269. The molecule has 0 unspecified atom stereocenters. The zero-order chi connectivity index (χ0) is 53.1. The van der Waals surface area contributed by atoms with Crippen molar-refractivity contribution in [2.24, 2.45) is 0 Å². The molecule has 0 aliphatic heterocycles. The molecule has 0 amide bonds. The normalized spacial score (nSPS) is 10.9. The highest BCUT2D eigenvalue weighted by Crippen LogP contribution is 2.43. The SMILES string of the molecule is CC(C)OC(=O)/C=C/c1ccc(O)c(C=O)c1.COc1cc(/C=C/C(=O)OC(C)C)cc(-c2cc(/C=C/C(=O)OC(C)C)cc(C=O)c2O)c1O.COc1cc(/C=C/C(=O)OC(C)C)ccc1O.OO. The van der Waals surface area contributed by atoms with Crippen LogP contribution < -0.4 is 9.47 Å². The molecule has 18 heteroatoms. The van der Waals surface area contributed by atoms with Crippen LogP contribution in [0.2, 0.25) is 0 Å². The van der Waals surface area contributed by atoms with Gasteiger partial charge in [0.1, 0.15) is 11.5 Å². The number of benzene rings is 4. The third-order valence-electron chi connectivity index (χ3n) is 8.33. The van der Waals surface area contributed by atoms with Gasteiger partial charge in [-0.05, 0) is 150 Å². The molecular formula is C52H60O18. The van der Waals surface area contributed by atoms with Gasteiger partial charge in [0, 0.05) is 35.4 Å². The molecule has 4 rings (SSSR count). The average molecular weight is 973 g/mol. The van der Waals surface area contributed by atoms with E-state index in [1.54, 1.807) is 79.7 Å². The first-order valence-electron chi connectivity index (χ1n) is 21.2. The number of phenolic OH excluding ortho intramolecular Hbond substituents is 4. The Morgan fingerprint density at radius 2 is 0.757 bits per heavy atom. The van der Waals surface area contributed by atoms with Gasteiger partial charge in [-0.3, -0.25) is 20.1 Å². The van der Waals surface area contributed by atoms with Gasteiger partial charge in [0.2, 0.25) is 0 Å². The molecule has 70 heavy (non-hydrogen) atoms. The third kappa shape index (κ3) is 21.6. The molecule has 0 bridgehead atoms. The summed E-state index contributed by atoms with van der Waals surface area (Å²) < 4.78 is 30.2. The Labute approximate surface area is 405 Å². The van der Waals surface area contributed by atoms with Gasteiger partial charge < -0.3 is 48.8 Å². The molecule has 4 aromatic carbocycles. The Kier molecular flexibility index (Phi) is 26.4. The summed E-state index contributed by atoms with van der Waals surface area (Å²) in [6.45, 7) is 14.0. The lowest BCUT2D eigenvalue weighted by atomic mass is 9.95. The number of carbonyl (C=O) groups excluding carboxylic acids is 6. The predicted molar refractivity (Wildman–Crippen MR) is 262 cm³/mol. The summed E-state index contributed by atoms with van der Waals surface area (Å²) in [5.41, 5.74) is 2.69. The number of phenols is 4. The first-order valence-corrected chi connectivity index (χ1v) is 21.2. The highest BCUT2D eigenvalue weighted by molar-refractivity contribution is 5.94. The van der Waals surface area contributed by atoms with E-state index in [1.165, 1.54) is 99.2 Å². The minimum Gasteiger partial charge on any atom is -0.507 e. The van der Waals surface area contributed by atoms with Crippen molar-refractivity contribution in [3.8, 4) is 45.6 Å². The molecule has 0 aromatic heterocycles. The summed E-state index contributed by atoms with van der Waals surface area (Å²) in [4.78, 5) is 68.3. The second kappa shape index (κ2) is 30.9. The van der Waals surface area contributed by atoms with Crippen LogP contribution in [0.1, 0.15) is 98.4 Å². The number of aromatic hydroxyl groups is 4. The van der Waals surface area contributed by atoms with Crippen LogP contribution in [0, 0.1) is 0 Å². The van der Waals surface area contributed by atoms with Crippen LogP contribution in [0.4, 0.5) is 0 Å². The van der Waals surface area contributed by atoms with Gasteiger partial charge in [-0.15, -0.1) is 0 Å². The first kappa shape index (κ1) is 59.8. The molecule has 376 valence electrons. The lowest BCUT2D eigenvalue weighted by Crippen LogP contribution is -2.08. The zero-order valence-corrected chi connectivity index (χ0v) is 40.4. The molecule has 4 aromatic rings. The van der Waals surface area contributed by atoms with Crippen molar-refractivity contribution < 1.29 is 88.1 Å². The molecule has 0 aliphatic rings. The summed E-state index contributed by atoms with van der Waals surface area (Å²) in [6.07, 6.45) is 11.2. The molecule has 0 radical (unpaired) electrons. The van der Waals surface area contributed by atoms with Crippen molar-refractivity contribution in [3.05, 3.63) is 118 Å². The van der Waals surface area contributed by atoms with Crippen LogP contribution in [0.3, 0.4) is 0 Å². The number of carbonyl (C=O) groups is 6. The fourth-order valence-electron chi connectivity index (χ4n) is 5.47. The van der Waals surface area contributed by atoms with Crippen LogP contribution in [-0.2, 0) is 38.1 Å². The fourth-order valence-corrected chi connectivity index (χ4v) is 5.47. The Morgan fingerprint density at radius 1 is 0.429 bits per heavy atom. The number of esters is 4. The van der Waals surface area contributed by atoms with Gasteiger partial charge in [-0.1, -0.05) is 12.1 Å². The lowest BCUT2D eigenvalue weighted by molar-refractivity contribution is -0.176. The van der Waals surface area contributed by atoms with Crippen LogP contribution in [-0.4, -0.2) is 106 Å². The van der Waals surface area contributed by atoms with Gasteiger partial charge in [0.05, 0.1) is 49.8 Å². The third-order valence-corrected chi connectivity index (χ3v) is 8.33. The molecular weight excluding hydrogens is 913 g/mol. The summed E-state index contributed by atoms with van der Waals surface area (Å²) in [5.74, 6) is -2.17. The van der Waals surface area contributed by atoms with E-state index in [0.717, 1.165) is 5.56 Å². The number of aldehydes is 2. The van der Waals surface area contributed by atoms with Crippen molar-refractivity contribution in [2.75, 3.05) is 14.2 Å². The average Bonchev–Trinajstić information content (AvgIpc) is 3.30. The molecule has 6 N–H and O–H groups in total. The topological polar surface area (TPSA) is 279 Å². The zero-order valence-electron chi connectivity index (χ0n) is 40.4. The van der Waals surface area contributed by atoms with Crippen molar-refractivity contribution in [3.63, 3.8) is 0 Å². The number of ether oxygens (including phenoxy) is 6. The number of hydrogen-bond donors (Lipinski definition) is 6. The van der Waals surface area contributed by atoms with Crippen LogP contribution in [0.5, 0.6) is 34.5 Å². The number of rotatable bonds is 17. The molecule has 18 nitrogen and oxygen atoms in total. The van der Waals surface area contributed by atoms with E-state index in [2.05, 4.69) is 0 Å². The summed E-state index contributed by atoms with van der Waals surface area (Å²) >= 11 is 0. The molecule has 0 saturated carbocycles. The predicted octanol–water partition coefficient (Wildman–Crippen LogP) is 9.07. The number of methoxy groups -OCH3 is 2. The highest BCUT2D eigenvalue weighted by Gasteiger charge is 2.18. The van der Waals surface area contributed by atoms with Crippen LogP contribution in [0.25, 0.3) is 35.4 Å². The van der Waals surface area contributed by atoms with E-state index in [-0.39, 0.29) is 75.4 Å². The van der Waals surface area contributed by atoms with E-state index in [4.69, 9.17) is 38.9 Å². The van der Waals surface area contributed by atoms with E-state index in [9.17, 15) is 49.2 Å². The first-order chi connectivity index (χ1) is 33.1.